The van der Waals surface area contributed by atoms with E-state index in [1.165, 1.54) is 5.56 Å². The Labute approximate surface area is 93.1 Å². The zero-order valence-corrected chi connectivity index (χ0v) is 9.69. The molecule has 2 nitrogen and oxygen atoms in total. The van der Waals surface area contributed by atoms with Crippen molar-refractivity contribution in [3.63, 3.8) is 0 Å². The predicted octanol–water partition coefficient (Wildman–Crippen LogP) is 3.11. The van der Waals surface area contributed by atoms with Crippen molar-refractivity contribution >= 4 is 29.6 Å². The van der Waals surface area contributed by atoms with Gasteiger partial charge in [-0.15, -0.1) is 0 Å². The van der Waals surface area contributed by atoms with Crippen molar-refractivity contribution in [2.24, 2.45) is 0 Å². The summed E-state index contributed by atoms with van der Waals surface area (Å²) in [5.41, 5.74) is 3.28. The van der Waals surface area contributed by atoms with Gasteiger partial charge in [0.1, 0.15) is 5.15 Å². The Morgan fingerprint density at radius 2 is 2.36 bits per heavy atom. The van der Waals surface area contributed by atoms with Gasteiger partial charge in [-0.25, -0.2) is 4.98 Å². The molecule has 0 amide bonds. The minimum absolute atomic E-state index is 0.628. The third-order valence-corrected chi connectivity index (χ3v) is 3.24. The molecule has 0 saturated carbocycles. The van der Waals surface area contributed by atoms with Gasteiger partial charge in [0.2, 0.25) is 0 Å². The third kappa shape index (κ3) is 1.74. The van der Waals surface area contributed by atoms with Crippen LogP contribution in [0.4, 0.5) is 0 Å². The summed E-state index contributed by atoms with van der Waals surface area (Å²) in [6, 6.07) is 2.06. The number of fused-ring (bicyclic) bond motifs is 1. The molecule has 0 aromatic carbocycles. The second kappa shape index (κ2) is 3.83. The highest BCUT2D eigenvalue weighted by atomic mass is 35.5. The normalized spacial score (nSPS) is 14.4. The fourth-order valence-corrected chi connectivity index (χ4v) is 2.23. The molecule has 0 bridgehead atoms. The predicted molar refractivity (Wildman–Crippen MR) is 62.1 cm³/mol. The van der Waals surface area contributed by atoms with E-state index in [9.17, 15) is 0 Å². The van der Waals surface area contributed by atoms with Crippen molar-refractivity contribution in [3.05, 3.63) is 34.2 Å². The molecule has 2 rings (SSSR count). The van der Waals surface area contributed by atoms with Crippen LogP contribution in [0.3, 0.4) is 0 Å². The molecule has 0 radical (unpaired) electrons. The van der Waals surface area contributed by atoms with E-state index in [2.05, 4.69) is 27.6 Å². The Bertz CT molecular complexity index is 390. The molecule has 0 fully saturated rings. The van der Waals surface area contributed by atoms with Crippen LogP contribution in [0, 0.1) is 6.92 Å². The van der Waals surface area contributed by atoms with Gasteiger partial charge in [0.25, 0.3) is 0 Å². The second-order valence-corrected chi connectivity index (χ2v) is 4.39. The van der Waals surface area contributed by atoms with Gasteiger partial charge in [0, 0.05) is 23.7 Å². The molecule has 1 aromatic rings. The number of aryl methyl sites for hydroxylation is 1. The van der Waals surface area contributed by atoms with Gasteiger partial charge in [-0.2, -0.15) is 0 Å². The Hall–Kier alpha value is -0.670. The van der Waals surface area contributed by atoms with E-state index in [-0.39, 0.29) is 0 Å². The smallest absolute Gasteiger partial charge is 0.134 e. The molecule has 14 heavy (non-hydrogen) atoms. The fraction of sp³-hybridized carbons (Fsp3) is 0.300. The topological polar surface area (TPSA) is 16.1 Å². The molecule has 0 N–H and O–H groups in total. The molecule has 1 aliphatic rings. The minimum Gasteiger partial charge on any atom is -0.319 e. The first-order valence-corrected chi connectivity index (χ1v) is 5.91. The number of hydrogen-bond acceptors (Lipinski definition) is 3. The van der Waals surface area contributed by atoms with E-state index in [1.807, 2.05) is 13.2 Å². The van der Waals surface area contributed by atoms with Gasteiger partial charge in [-0.1, -0.05) is 23.5 Å². The monoisotopic (exact) mass is 226 g/mol. The van der Waals surface area contributed by atoms with Gasteiger partial charge in [-0.05, 0) is 24.6 Å². The number of rotatable bonds is 1. The molecule has 74 valence electrons. The zero-order valence-electron chi connectivity index (χ0n) is 8.12. The van der Waals surface area contributed by atoms with Crippen molar-refractivity contribution in [3.8, 4) is 0 Å². The third-order valence-electron chi connectivity index (χ3n) is 2.21. The molecule has 0 atom stereocenters. The quantitative estimate of drug-likeness (QED) is 0.541. The average Bonchev–Trinajstić information content (AvgIpc) is 2.17. The maximum absolute atomic E-state index is 6.09. The molecular weight excluding hydrogens is 216 g/mol. The molecule has 4 heteroatoms. The Morgan fingerprint density at radius 1 is 1.57 bits per heavy atom. The number of pyridine rings is 1. The van der Waals surface area contributed by atoms with E-state index in [0.29, 0.717) is 5.15 Å². The standard InChI is InChI=1S/C10H11ClN2S/c1-7-5-8-3-4-13(14-2)6-9(8)10(11)12-7/h3-5H,6H2,1-2H3. The summed E-state index contributed by atoms with van der Waals surface area (Å²) >= 11 is 7.77. The van der Waals surface area contributed by atoms with Crippen molar-refractivity contribution in [2.75, 3.05) is 6.26 Å². The van der Waals surface area contributed by atoms with Gasteiger partial charge in [0.05, 0.1) is 6.54 Å². The molecule has 0 aliphatic carbocycles. The van der Waals surface area contributed by atoms with E-state index < -0.39 is 0 Å². The van der Waals surface area contributed by atoms with Crippen LogP contribution in [0.5, 0.6) is 0 Å². The van der Waals surface area contributed by atoms with Gasteiger partial charge < -0.3 is 4.31 Å². The van der Waals surface area contributed by atoms with Crippen molar-refractivity contribution in [1.82, 2.24) is 9.29 Å². The summed E-state index contributed by atoms with van der Waals surface area (Å²) in [6.07, 6.45) is 6.20. The Balaban J connectivity index is 2.45. The van der Waals surface area contributed by atoms with Crippen LogP contribution in [0.15, 0.2) is 12.3 Å². The first-order chi connectivity index (χ1) is 6.70. The molecule has 0 unspecified atom stereocenters. The summed E-state index contributed by atoms with van der Waals surface area (Å²) in [4.78, 5) is 4.25. The summed E-state index contributed by atoms with van der Waals surface area (Å²) in [6.45, 7) is 2.79. The Morgan fingerprint density at radius 3 is 3.07 bits per heavy atom. The highest BCUT2D eigenvalue weighted by Gasteiger charge is 2.14. The molecule has 1 aliphatic heterocycles. The van der Waals surface area contributed by atoms with Gasteiger partial charge in [-0.3, -0.25) is 0 Å². The van der Waals surface area contributed by atoms with Crippen molar-refractivity contribution < 1.29 is 0 Å². The minimum atomic E-state index is 0.628. The molecule has 2 heterocycles. The lowest BCUT2D eigenvalue weighted by Crippen LogP contribution is -2.13. The highest BCUT2D eigenvalue weighted by molar-refractivity contribution is 7.96. The molecular formula is C10H11ClN2S. The first kappa shape index (κ1) is 9.87. The summed E-state index contributed by atoms with van der Waals surface area (Å²) in [5.74, 6) is 0. The van der Waals surface area contributed by atoms with E-state index >= 15 is 0 Å². The van der Waals surface area contributed by atoms with E-state index in [1.54, 1.807) is 11.9 Å². The highest BCUT2D eigenvalue weighted by Crippen LogP contribution is 2.28. The van der Waals surface area contributed by atoms with E-state index in [4.69, 9.17) is 11.6 Å². The lowest BCUT2D eigenvalue weighted by molar-refractivity contribution is 0.613. The van der Waals surface area contributed by atoms with Crippen LogP contribution in [-0.4, -0.2) is 15.5 Å². The number of hydrogen-bond donors (Lipinski definition) is 0. The second-order valence-electron chi connectivity index (χ2n) is 3.20. The SMILES string of the molecule is CSN1C=Cc2cc(C)nc(Cl)c2C1. The van der Waals surface area contributed by atoms with Crippen LogP contribution in [0.25, 0.3) is 6.08 Å². The Kier molecular flexibility index (Phi) is 2.70. The van der Waals surface area contributed by atoms with Gasteiger partial charge in [0.15, 0.2) is 0 Å². The zero-order chi connectivity index (χ0) is 10.1. The van der Waals surface area contributed by atoms with Crippen LogP contribution >= 0.6 is 23.5 Å². The van der Waals surface area contributed by atoms with Gasteiger partial charge >= 0.3 is 0 Å². The molecule has 0 spiro atoms. The van der Waals surface area contributed by atoms with Crippen molar-refractivity contribution in [1.29, 1.82) is 0 Å². The van der Waals surface area contributed by atoms with Crippen LogP contribution in [0.2, 0.25) is 5.15 Å². The van der Waals surface area contributed by atoms with Crippen LogP contribution < -0.4 is 0 Å². The van der Waals surface area contributed by atoms with Crippen LogP contribution in [-0.2, 0) is 6.54 Å². The number of nitrogens with zero attached hydrogens (tertiary/aromatic N) is 2. The number of halogens is 1. The van der Waals surface area contributed by atoms with Crippen molar-refractivity contribution in [2.45, 2.75) is 13.5 Å². The lowest BCUT2D eigenvalue weighted by Gasteiger charge is -2.23. The summed E-state index contributed by atoms with van der Waals surface area (Å²) in [7, 11) is 0. The maximum atomic E-state index is 6.09. The summed E-state index contributed by atoms with van der Waals surface area (Å²) in [5, 5.41) is 0.628. The largest absolute Gasteiger partial charge is 0.319 e. The lowest BCUT2D eigenvalue weighted by atomic mass is 10.1. The first-order valence-electron chi connectivity index (χ1n) is 4.35. The molecule has 1 aromatic heterocycles. The van der Waals surface area contributed by atoms with E-state index in [0.717, 1.165) is 17.8 Å². The number of aromatic nitrogens is 1. The summed E-state index contributed by atoms with van der Waals surface area (Å²) < 4.78 is 2.13. The maximum Gasteiger partial charge on any atom is 0.134 e. The molecule has 0 saturated heterocycles. The van der Waals surface area contributed by atoms with Crippen LogP contribution in [0.1, 0.15) is 16.8 Å². The fourth-order valence-electron chi connectivity index (χ4n) is 1.49. The average molecular weight is 227 g/mol.